The highest BCUT2D eigenvalue weighted by atomic mass is 32.2. The fraction of sp³-hybridized carbons (Fsp3) is 0.619. The molecule has 2 aliphatic carbocycles. The molecule has 10 heteroatoms. The van der Waals surface area contributed by atoms with E-state index in [9.17, 15) is 22.4 Å². The summed E-state index contributed by atoms with van der Waals surface area (Å²) in [5.41, 5.74) is -0.158. The standard InChI is InChI=1S/C21H28FN3O5S/c1-13(16-6-7-17(22)18(9-16)30-12-14-4-5-14)25-31(28,29)8-2-3-15-10-21(11-15)19(26)23-20(27)24-21/h6-7,9,13-15,25H,2-5,8,10-12H2,1H3,(H2,23,24,26,27)/t13-,15?,21?/m1/s1. The molecule has 0 unspecified atom stereocenters. The van der Waals surface area contributed by atoms with E-state index in [-0.39, 0.29) is 23.3 Å². The van der Waals surface area contributed by atoms with Gasteiger partial charge >= 0.3 is 6.03 Å². The van der Waals surface area contributed by atoms with Gasteiger partial charge < -0.3 is 10.1 Å². The zero-order valence-corrected chi connectivity index (χ0v) is 18.3. The van der Waals surface area contributed by atoms with E-state index in [4.69, 9.17) is 4.74 Å². The molecule has 2 saturated carbocycles. The third-order valence-corrected chi connectivity index (χ3v) is 7.84. The van der Waals surface area contributed by atoms with Gasteiger partial charge in [0, 0.05) is 6.04 Å². The highest BCUT2D eigenvalue weighted by molar-refractivity contribution is 7.89. The number of carbonyl (C=O) groups excluding carboxylic acids is 2. The van der Waals surface area contributed by atoms with E-state index in [1.54, 1.807) is 19.1 Å². The van der Waals surface area contributed by atoms with E-state index in [1.165, 1.54) is 6.07 Å². The quantitative estimate of drug-likeness (QED) is 0.471. The molecule has 1 saturated heterocycles. The Morgan fingerprint density at radius 3 is 2.65 bits per heavy atom. The van der Waals surface area contributed by atoms with Crippen LogP contribution in [0.1, 0.15) is 57.1 Å². The number of benzene rings is 1. The third-order valence-electron chi connectivity index (χ3n) is 6.30. The molecule has 1 aromatic rings. The highest BCUT2D eigenvalue weighted by Gasteiger charge is 2.54. The van der Waals surface area contributed by atoms with Gasteiger partial charge in [-0.2, -0.15) is 0 Å². The maximum Gasteiger partial charge on any atom is 0.322 e. The average Bonchev–Trinajstić information content (AvgIpc) is 3.43. The van der Waals surface area contributed by atoms with Crippen LogP contribution in [-0.4, -0.2) is 38.3 Å². The smallest absolute Gasteiger partial charge is 0.322 e. The third kappa shape index (κ3) is 5.17. The predicted molar refractivity (Wildman–Crippen MR) is 111 cm³/mol. The monoisotopic (exact) mass is 453 g/mol. The van der Waals surface area contributed by atoms with Crippen molar-refractivity contribution in [2.75, 3.05) is 12.4 Å². The molecule has 1 spiro atoms. The largest absolute Gasteiger partial charge is 0.490 e. The normalized spacial score (nSPS) is 26.3. The summed E-state index contributed by atoms with van der Waals surface area (Å²) in [7, 11) is -3.53. The summed E-state index contributed by atoms with van der Waals surface area (Å²) in [6, 6.07) is 3.43. The van der Waals surface area contributed by atoms with Crippen molar-refractivity contribution in [2.24, 2.45) is 11.8 Å². The van der Waals surface area contributed by atoms with Crippen LogP contribution >= 0.6 is 0 Å². The van der Waals surface area contributed by atoms with E-state index >= 15 is 0 Å². The minimum atomic E-state index is -3.53. The van der Waals surface area contributed by atoms with E-state index < -0.39 is 33.5 Å². The number of halogens is 1. The number of carbonyl (C=O) groups is 2. The summed E-state index contributed by atoms with van der Waals surface area (Å²) in [6.45, 7) is 2.20. The Morgan fingerprint density at radius 1 is 1.26 bits per heavy atom. The van der Waals surface area contributed by atoms with E-state index in [0.29, 0.717) is 43.8 Å². The number of amides is 3. The lowest BCUT2D eigenvalue weighted by Gasteiger charge is -2.42. The van der Waals surface area contributed by atoms with Crippen LogP contribution in [-0.2, 0) is 14.8 Å². The zero-order valence-electron chi connectivity index (χ0n) is 17.4. The first kappa shape index (κ1) is 22.0. The van der Waals surface area contributed by atoms with Crippen molar-refractivity contribution >= 4 is 22.0 Å². The second kappa shape index (κ2) is 8.38. The lowest BCUT2D eigenvalue weighted by molar-refractivity contribution is -0.128. The van der Waals surface area contributed by atoms with Crippen LogP contribution in [0.4, 0.5) is 9.18 Å². The Labute approximate surface area is 181 Å². The summed E-state index contributed by atoms with van der Waals surface area (Å²) in [5, 5.41) is 4.90. The minimum absolute atomic E-state index is 0.0361. The van der Waals surface area contributed by atoms with Crippen molar-refractivity contribution in [3.05, 3.63) is 29.6 Å². The Kier molecular flexibility index (Phi) is 5.95. The first-order valence-corrected chi connectivity index (χ1v) is 12.4. The fourth-order valence-corrected chi connectivity index (χ4v) is 5.64. The van der Waals surface area contributed by atoms with Gasteiger partial charge in [0.05, 0.1) is 12.4 Å². The van der Waals surface area contributed by atoms with Crippen molar-refractivity contribution in [3.63, 3.8) is 0 Å². The van der Waals surface area contributed by atoms with Crippen LogP contribution < -0.4 is 20.1 Å². The number of hydrogen-bond donors (Lipinski definition) is 3. The van der Waals surface area contributed by atoms with Gasteiger partial charge in [-0.25, -0.2) is 22.3 Å². The molecule has 3 fully saturated rings. The van der Waals surface area contributed by atoms with Crippen molar-refractivity contribution in [2.45, 2.75) is 57.0 Å². The molecule has 3 amide bonds. The molecule has 3 aliphatic rings. The Balaban J connectivity index is 1.23. The average molecular weight is 454 g/mol. The Bertz CT molecular complexity index is 973. The molecule has 170 valence electrons. The SMILES string of the molecule is C[C@@H](NS(=O)(=O)CCCC1CC2(C1)NC(=O)NC2=O)c1ccc(F)c(OCC2CC2)c1. The molecular formula is C21H28FN3O5S. The Hall–Kier alpha value is -2.20. The second-order valence-corrected chi connectivity index (χ2v) is 10.9. The number of imide groups is 1. The summed E-state index contributed by atoms with van der Waals surface area (Å²) in [5.74, 6) is 0.0637. The maximum atomic E-state index is 14.0. The number of ether oxygens (including phenoxy) is 1. The van der Waals surface area contributed by atoms with Crippen LogP contribution in [0.25, 0.3) is 0 Å². The minimum Gasteiger partial charge on any atom is -0.490 e. The molecule has 8 nitrogen and oxygen atoms in total. The van der Waals surface area contributed by atoms with Gasteiger partial charge in [-0.05, 0) is 75.0 Å². The second-order valence-electron chi connectivity index (χ2n) is 9.01. The maximum absolute atomic E-state index is 14.0. The summed E-state index contributed by atoms with van der Waals surface area (Å²) in [4.78, 5) is 23.1. The van der Waals surface area contributed by atoms with Crippen LogP contribution in [0.3, 0.4) is 0 Å². The molecule has 0 aromatic heterocycles. The zero-order chi connectivity index (χ0) is 22.2. The number of urea groups is 1. The van der Waals surface area contributed by atoms with Crippen LogP contribution in [0.5, 0.6) is 5.75 Å². The summed E-state index contributed by atoms with van der Waals surface area (Å²) < 4.78 is 47.1. The van der Waals surface area contributed by atoms with E-state index in [2.05, 4.69) is 15.4 Å². The molecule has 4 rings (SSSR count). The molecule has 3 N–H and O–H groups in total. The highest BCUT2D eigenvalue weighted by Crippen LogP contribution is 2.42. The van der Waals surface area contributed by atoms with Gasteiger partial charge in [0.2, 0.25) is 10.0 Å². The van der Waals surface area contributed by atoms with Crippen molar-refractivity contribution in [3.8, 4) is 5.75 Å². The molecular weight excluding hydrogens is 425 g/mol. The molecule has 0 bridgehead atoms. The molecule has 1 heterocycles. The van der Waals surface area contributed by atoms with E-state index in [1.807, 2.05) is 0 Å². The molecule has 1 aliphatic heterocycles. The summed E-state index contributed by atoms with van der Waals surface area (Å²) >= 11 is 0. The van der Waals surface area contributed by atoms with Gasteiger partial charge in [-0.1, -0.05) is 6.07 Å². The fourth-order valence-electron chi connectivity index (χ4n) is 4.30. The number of sulfonamides is 1. The van der Waals surface area contributed by atoms with Gasteiger partial charge in [-0.15, -0.1) is 0 Å². The molecule has 1 aromatic carbocycles. The van der Waals surface area contributed by atoms with Gasteiger partial charge in [0.25, 0.3) is 5.91 Å². The van der Waals surface area contributed by atoms with Crippen molar-refractivity contribution < 1.29 is 27.1 Å². The van der Waals surface area contributed by atoms with Crippen LogP contribution in [0.2, 0.25) is 0 Å². The van der Waals surface area contributed by atoms with Crippen LogP contribution in [0, 0.1) is 17.7 Å². The first-order valence-electron chi connectivity index (χ1n) is 10.7. The van der Waals surface area contributed by atoms with Crippen LogP contribution in [0.15, 0.2) is 18.2 Å². The van der Waals surface area contributed by atoms with E-state index in [0.717, 1.165) is 12.8 Å². The Morgan fingerprint density at radius 2 is 2.00 bits per heavy atom. The van der Waals surface area contributed by atoms with Crippen molar-refractivity contribution in [1.29, 1.82) is 0 Å². The van der Waals surface area contributed by atoms with Crippen molar-refractivity contribution in [1.82, 2.24) is 15.4 Å². The van der Waals surface area contributed by atoms with Gasteiger partial charge in [0.15, 0.2) is 11.6 Å². The number of nitrogens with one attached hydrogen (secondary N) is 3. The molecule has 31 heavy (non-hydrogen) atoms. The lowest BCUT2D eigenvalue weighted by Crippen LogP contribution is -2.56. The predicted octanol–water partition coefficient (Wildman–Crippen LogP) is 2.36. The number of hydrogen-bond acceptors (Lipinski definition) is 5. The molecule has 1 atom stereocenters. The summed E-state index contributed by atoms with van der Waals surface area (Å²) in [6.07, 6.45) is 4.39. The molecule has 0 radical (unpaired) electrons. The van der Waals surface area contributed by atoms with Gasteiger partial charge in [-0.3, -0.25) is 10.1 Å². The lowest BCUT2D eigenvalue weighted by atomic mass is 9.67. The van der Waals surface area contributed by atoms with Gasteiger partial charge in [0.1, 0.15) is 5.54 Å². The topological polar surface area (TPSA) is 114 Å². The first-order chi connectivity index (χ1) is 14.7. The number of rotatable bonds is 10.